The Morgan fingerprint density at radius 3 is 2.81 bits per heavy atom. The fourth-order valence-corrected chi connectivity index (χ4v) is 4.19. The Balaban J connectivity index is 1.54. The number of nitrogens with one attached hydrogen (secondary N) is 1. The number of benzene rings is 1. The average molecular weight is 304 g/mol. The van der Waals surface area contributed by atoms with Crippen LogP contribution in [0.4, 0.5) is 0 Å². The summed E-state index contributed by atoms with van der Waals surface area (Å²) in [6, 6.07) is 8.63. The lowest BCUT2D eigenvalue weighted by atomic mass is 9.85. The fraction of sp³-hybridized carbons (Fsp3) is 0.588. The molecule has 1 unspecified atom stereocenters. The van der Waals surface area contributed by atoms with Crippen molar-refractivity contribution in [3.05, 3.63) is 29.3 Å². The minimum Gasteiger partial charge on any atom is -0.389 e. The Labute approximate surface area is 130 Å². The van der Waals surface area contributed by atoms with E-state index < -0.39 is 5.60 Å². The molecule has 1 atom stereocenters. The number of fused-ring (bicyclic) bond motifs is 1. The van der Waals surface area contributed by atoms with Crippen LogP contribution in [0.3, 0.4) is 0 Å². The topological polar surface area (TPSA) is 45.2 Å². The standard InChI is InChI=1S/C17H24N2OS/c1-13(18-12-17(20)9-5-2-6-10-17)11-16-19-14-7-3-4-8-15(14)21-16/h3-4,7-8,13,18,20H,2,5-6,9-12H2,1H3. The van der Waals surface area contributed by atoms with Crippen LogP contribution in [0, 0.1) is 0 Å². The van der Waals surface area contributed by atoms with Crippen LogP contribution in [-0.2, 0) is 6.42 Å². The molecule has 1 aliphatic carbocycles. The first-order chi connectivity index (χ1) is 10.1. The van der Waals surface area contributed by atoms with E-state index >= 15 is 0 Å². The van der Waals surface area contributed by atoms with Crippen LogP contribution in [0.15, 0.2) is 24.3 Å². The molecule has 3 rings (SSSR count). The Kier molecular flexibility index (Phi) is 4.57. The first kappa shape index (κ1) is 14.9. The van der Waals surface area contributed by atoms with Crippen molar-refractivity contribution in [1.82, 2.24) is 10.3 Å². The van der Waals surface area contributed by atoms with E-state index in [0.717, 1.165) is 37.6 Å². The molecule has 0 aliphatic heterocycles. The van der Waals surface area contributed by atoms with Gasteiger partial charge in [-0.3, -0.25) is 0 Å². The Bertz CT molecular complexity index is 556. The number of rotatable bonds is 5. The zero-order chi connectivity index (χ0) is 14.7. The molecule has 4 heteroatoms. The summed E-state index contributed by atoms with van der Waals surface area (Å²) < 4.78 is 1.26. The zero-order valence-corrected chi connectivity index (χ0v) is 13.5. The molecule has 2 N–H and O–H groups in total. The molecule has 1 fully saturated rings. The highest BCUT2D eigenvalue weighted by atomic mass is 32.1. The smallest absolute Gasteiger partial charge is 0.0954 e. The Morgan fingerprint density at radius 1 is 1.29 bits per heavy atom. The second kappa shape index (κ2) is 6.42. The molecule has 2 aromatic rings. The van der Waals surface area contributed by atoms with Gasteiger partial charge in [0.25, 0.3) is 0 Å². The molecule has 0 radical (unpaired) electrons. The third kappa shape index (κ3) is 3.82. The van der Waals surface area contributed by atoms with Crippen molar-refractivity contribution in [2.45, 2.75) is 57.1 Å². The molecule has 1 aromatic carbocycles. The van der Waals surface area contributed by atoms with E-state index in [4.69, 9.17) is 0 Å². The summed E-state index contributed by atoms with van der Waals surface area (Å²) in [5, 5.41) is 15.2. The number of nitrogens with zero attached hydrogens (tertiary/aromatic N) is 1. The quantitative estimate of drug-likeness (QED) is 0.888. The van der Waals surface area contributed by atoms with Gasteiger partial charge in [0.1, 0.15) is 0 Å². The van der Waals surface area contributed by atoms with E-state index in [1.165, 1.54) is 16.1 Å². The summed E-state index contributed by atoms with van der Waals surface area (Å²) in [6.07, 6.45) is 6.38. The Hall–Kier alpha value is -0.970. The monoisotopic (exact) mass is 304 g/mol. The Morgan fingerprint density at radius 2 is 2.05 bits per heavy atom. The highest BCUT2D eigenvalue weighted by Gasteiger charge is 2.29. The molecule has 114 valence electrons. The maximum Gasteiger partial charge on any atom is 0.0954 e. The van der Waals surface area contributed by atoms with E-state index in [2.05, 4.69) is 35.4 Å². The molecule has 3 nitrogen and oxygen atoms in total. The maximum absolute atomic E-state index is 10.5. The summed E-state index contributed by atoms with van der Waals surface area (Å²) in [5.41, 5.74) is 0.607. The summed E-state index contributed by atoms with van der Waals surface area (Å²) in [4.78, 5) is 4.68. The molecule has 0 spiro atoms. The van der Waals surface area contributed by atoms with Gasteiger partial charge >= 0.3 is 0 Å². The molecular weight excluding hydrogens is 280 g/mol. The predicted octanol–water partition coefficient (Wildman–Crippen LogP) is 3.51. The number of aliphatic hydroxyl groups is 1. The van der Waals surface area contributed by atoms with Gasteiger partial charge in [-0.15, -0.1) is 11.3 Å². The largest absolute Gasteiger partial charge is 0.389 e. The number of thiazole rings is 1. The van der Waals surface area contributed by atoms with Gasteiger partial charge < -0.3 is 10.4 Å². The summed E-state index contributed by atoms with van der Waals surface area (Å²) in [7, 11) is 0. The first-order valence-corrected chi connectivity index (χ1v) is 8.76. The SMILES string of the molecule is CC(Cc1nc2ccccc2s1)NCC1(O)CCCCC1. The molecule has 1 aromatic heterocycles. The number of hydrogen-bond donors (Lipinski definition) is 2. The van der Waals surface area contributed by atoms with Gasteiger partial charge in [0.05, 0.1) is 20.8 Å². The van der Waals surface area contributed by atoms with Gasteiger partial charge in [-0.25, -0.2) is 4.98 Å². The molecule has 21 heavy (non-hydrogen) atoms. The van der Waals surface area contributed by atoms with Crippen LogP contribution in [0.25, 0.3) is 10.2 Å². The van der Waals surface area contributed by atoms with E-state index in [9.17, 15) is 5.11 Å². The molecule has 0 amide bonds. The van der Waals surface area contributed by atoms with E-state index in [1.807, 2.05) is 6.07 Å². The van der Waals surface area contributed by atoms with Crippen molar-refractivity contribution in [2.24, 2.45) is 0 Å². The number of para-hydroxylation sites is 1. The lowest BCUT2D eigenvalue weighted by molar-refractivity contribution is 0.00306. The van der Waals surface area contributed by atoms with Crippen molar-refractivity contribution >= 4 is 21.6 Å². The first-order valence-electron chi connectivity index (χ1n) is 7.95. The lowest BCUT2D eigenvalue weighted by Gasteiger charge is -2.33. The minimum atomic E-state index is -0.486. The van der Waals surface area contributed by atoms with E-state index in [0.29, 0.717) is 12.6 Å². The third-order valence-corrected chi connectivity index (χ3v) is 5.44. The third-order valence-electron chi connectivity index (χ3n) is 4.38. The fourth-order valence-electron chi connectivity index (χ4n) is 3.09. The molecule has 1 heterocycles. The van der Waals surface area contributed by atoms with Crippen molar-refractivity contribution in [3.8, 4) is 0 Å². The number of aromatic nitrogens is 1. The molecule has 1 aliphatic rings. The summed E-state index contributed by atoms with van der Waals surface area (Å²) >= 11 is 1.77. The van der Waals surface area contributed by atoms with E-state index in [-0.39, 0.29) is 0 Å². The zero-order valence-electron chi connectivity index (χ0n) is 12.6. The van der Waals surface area contributed by atoms with Crippen LogP contribution in [-0.4, -0.2) is 28.3 Å². The van der Waals surface area contributed by atoms with Crippen LogP contribution < -0.4 is 5.32 Å². The van der Waals surface area contributed by atoms with Crippen LogP contribution in [0.5, 0.6) is 0 Å². The van der Waals surface area contributed by atoms with E-state index in [1.54, 1.807) is 11.3 Å². The molecular formula is C17H24N2OS. The lowest BCUT2D eigenvalue weighted by Crippen LogP contribution is -2.45. The average Bonchev–Trinajstić information content (AvgIpc) is 2.88. The molecule has 0 bridgehead atoms. The molecule has 0 saturated heterocycles. The van der Waals surface area contributed by atoms with Crippen molar-refractivity contribution in [3.63, 3.8) is 0 Å². The molecule has 1 saturated carbocycles. The number of hydrogen-bond acceptors (Lipinski definition) is 4. The predicted molar refractivity (Wildman–Crippen MR) is 88.8 cm³/mol. The van der Waals surface area contributed by atoms with Gasteiger partial charge in [-0.1, -0.05) is 31.4 Å². The van der Waals surface area contributed by atoms with Crippen molar-refractivity contribution < 1.29 is 5.11 Å². The van der Waals surface area contributed by atoms with Gasteiger partial charge in [0, 0.05) is 19.0 Å². The highest BCUT2D eigenvalue weighted by Crippen LogP contribution is 2.27. The summed E-state index contributed by atoms with van der Waals surface area (Å²) in [6.45, 7) is 2.89. The van der Waals surface area contributed by atoms with Crippen molar-refractivity contribution in [1.29, 1.82) is 0 Å². The van der Waals surface area contributed by atoms with Gasteiger partial charge in [0.15, 0.2) is 0 Å². The van der Waals surface area contributed by atoms with Gasteiger partial charge in [-0.05, 0) is 31.9 Å². The van der Waals surface area contributed by atoms with Gasteiger partial charge in [0.2, 0.25) is 0 Å². The second-order valence-electron chi connectivity index (χ2n) is 6.35. The summed E-state index contributed by atoms with van der Waals surface area (Å²) in [5.74, 6) is 0. The van der Waals surface area contributed by atoms with Crippen LogP contribution >= 0.6 is 11.3 Å². The highest BCUT2D eigenvalue weighted by molar-refractivity contribution is 7.18. The maximum atomic E-state index is 10.5. The van der Waals surface area contributed by atoms with Crippen molar-refractivity contribution in [2.75, 3.05) is 6.54 Å². The minimum absolute atomic E-state index is 0.344. The van der Waals surface area contributed by atoms with Gasteiger partial charge in [-0.2, -0.15) is 0 Å². The normalized spacial score (nSPS) is 19.7. The van der Waals surface area contributed by atoms with Crippen LogP contribution in [0.2, 0.25) is 0 Å². The second-order valence-corrected chi connectivity index (χ2v) is 7.46. The van der Waals surface area contributed by atoms with Crippen LogP contribution in [0.1, 0.15) is 44.0 Å².